The molecule has 2 aromatic carbocycles. The summed E-state index contributed by atoms with van der Waals surface area (Å²) in [5, 5.41) is 3.05. The quantitative estimate of drug-likeness (QED) is 0.566. The number of hydrogen-bond donors (Lipinski definition) is 1. The summed E-state index contributed by atoms with van der Waals surface area (Å²) >= 11 is 0. The van der Waals surface area contributed by atoms with Gasteiger partial charge in [0.05, 0.1) is 7.11 Å². The van der Waals surface area contributed by atoms with Crippen LogP contribution in [0.3, 0.4) is 0 Å². The number of nitrogens with one attached hydrogen (secondary N) is 1. The molecule has 2 aromatic rings. The minimum absolute atomic E-state index is 0.109. The second-order valence-corrected chi connectivity index (χ2v) is 10.9. The molecule has 1 amide bonds. The van der Waals surface area contributed by atoms with Crippen LogP contribution < -0.4 is 10.1 Å². The van der Waals surface area contributed by atoms with Gasteiger partial charge in [0.1, 0.15) is 11.5 Å². The Balaban J connectivity index is 1.23. The molecule has 5 atom stereocenters. The monoisotopic (exact) mass is 459 g/mol. The molecular weight excluding hydrogens is 422 g/mol. The van der Waals surface area contributed by atoms with Crippen molar-refractivity contribution < 1.29 is 14.3 Å². The average Bonchev–Trinajstić information content (AvgIpc) is 3.12. The van der Waals surface area contributed by atoms with Gasteiger partial charge in [0.25, 0.3) is 0 Å². The van der Waals surface area contributed by atoms with Crippen molar-refractivity contribution >= 4 is 11.7 Å². The molecule has 34 heavy (non-hydrogen) atoms. The Morgan fingerprint density at radius 1 is 1.15 bits per heavy atom. The van der Waals surface area contributed by atoms with Gasteiger partial charge in [-0.15, -0.1) is 0 Å². The number of carbonyl (C=O) groups is 2. The van der Waals surface area contributed by atoms with Crippen molar-refractivity contribution in [1.82, 2.24) is 5.32 Å². The molecule has 0 saturated heterocycles. The molecule has 1 N–H and O–H groups in total. The van der Waals surface area contributed by atoms with E-state index in [2.05, 4.69) is 30.4 Å². The van der Waals surface area contributed by atoms with Crippen LogP contribution in [0.15, 0.2) is 48.5 Å². The van der Waals surface area contributed by atoms with Crippen molar-refractivity contribution in [1.29, 1.82) is 0 Å². The molecule has 0 aliphatic heterocycles. The first-order valence-corrected chi connectivity index (χ1v) is 13.0. The van der Waals surface area contributed by atoms with Crippen molar-refractivity contribution in [2.24, 2.45) is 23.2 Å². The van der Waals surface area contributed by atoms with Crippen molar-refractivity contribution in [3.8, 4) is 5.75 Å². The molecular formula is C30H37NO3. The van der Waals surface area contributed by atoms with E-state index >= 15 is 0 Å². The summed E-state index contributed by atoms with van der Waals surface area (Å²) in [6, 6.07) is 16.6. The predicted molar refractivity (Wildman–Crippen MR) is 134 cm³/mol. The summed E-state index contributed by atoms with van der Waals surface area (Å²) in [6.45, 7) is 2.82. The summed E-state index contributed by atoms with van der Waals surface area (Å²) in [4.78, 5) is 25.6. The van der Waals surface area contributed by atoms with Crippen LogP contribution in [-0.4, -0.2) is 18.8 Å². The maximum atomic E-state index is 13.2. The zero-order chi connectivity index (χ0) is 23.7. The van der Waals surface area contributed by atoms with E-state index in [0.29, 0.717) is 48.8 Å². The fourth-order valence-corrected chi connectivity index (χ4v) is 7.42. The summed E-state index contributed by atoms with van der Waals surface area (Å²) in [6.07, 6.45) is 7.41. The lowest BCUT2D eigenvalue weighted by molar-refractivity contribution is -0.129. The van der Waals surface area contributed by atoms with Crippen LogP contribution in [-0.2, 0) is 22.6 Å². The molecule has 180 valence electrons. The zero-order valence-corrected chi connectivity index (χ0v) is 20.5. The number of fused-ring (bicyclic) bond motifs is 5. The van der Waals surface area contributed by atoms with Crippen LogP contribution in [0.4, 0.5) is 0 Å². The fourth-order valence-electron chi connectivity index (χ4n) is 7.42. The summed E-state index contributed by atoms with van der Waals surface area (Å²) < 4.78 is 5.46. The molecule has 0 aromatic heterocycles. The number of Topliss-reactive ketones (excluding diaryl/α,β-unsaturated/α-hetero) is 1. The van der Waals surface area contributed by atoms with Crippen LogP contribution in [0.2, 0.25) is 0 Å². The smallest absolute Gasteiger partial charge is 0.220 e. The van der Waals surface area contributed by atoms with Gasteiger partial charge in [-0.2, -0.15) is 0 Å². The lowest BCUT2D eigenvalue weighted by atomic mass is 9.54. The number of rotatable bonds is 7. The van der Waals surface area contributed by atoms with E-state index < -0.39 is 0 Å². The molecule has 5 rings (SSSR count). The van der Waals surface area contributed by atoms with Gasteiger partial charge >= 0.3 is 0 Å². The Morgan fingerprint density at radius 2 is 1.97 bits per heavy atom. The first kappa shape index (κ1) is 23.1. The van der Waals surface area contributed by atoms with Gasteiger partial charge in [0.2, 0.25) is 5.91 Å². The number of hydrogen-bond acceptors (Lipinski definition) is 3. The third-order valence-electron chi connectivity index (χ3n) is 9.09. The lowest BCUT2D eigenvalue weighted by Gasteiger charge is -2.50. The number of ether oxygens (including phenoxy) is 1. The van der Waals surface area contributed by atoms with Gasteiger partial charge in [0.15, 0.2) is 0 Å². The van der Waals surface area contributed by atoms with Crippen LogP contribution in [0, 0.1) is 23.2 Å². The highest BCUT2D eigenvalue weighted by molar-refractivity contribution is 5.87. The van der Waals surface area contributed by atoms with Crippen LogP contribution in [0.5, 0.6) is 5.75 Å². The highest BCUT2D eigenvalue weighted by Gasteiger charge is 2.58. The minimum Gasteiger partial charge on any atom is -0.497 e. The van der Waals surface area contributed by atoms with E-state index in [1.54, 1.807) is 7.11 Å². The molecule has 3 aliphatic rings. The summed E-state index contributed by atoms with van der Waals surface area (Å²) in [7, 11) is 1.73. The summed E-state index contributed by atoms with van der Waals surface area (Å²) in [5.74, 6) is 3.50. The Bertz CT molecular complexity index is 1050. The number of carbonyl (C=O) groups excluding carboxylic acids is 2. The predicted octanol–water partition coefficient (Wildman–Crippen LogP) is 5.83. The lowest BCUT2D eigenvalue weighted by Crippen LogP contribution is -2.44. The standard InChI is InChI=1S/C30H37NO3/c1-30-16-15-25-24-14-12-23(34-2)17-21(24)11-13-26(25)29(30)22(18-27(30)32)9-6-10-28(33)31-19-20-7-4-3-5-8-20/h3-5,7-8,12,14,17,22,25-26,29H,6,9-11,13,15-16,18-19H2,1-2H3,(H,31,33)/t22?,25-,26?,29+,30-/m1/s1. The van der Waals surface area contributed by atoms with E-state index in [-0.39, 0.29) is 11.3 Å². The second-order valence-electron chi connectivity index (χ2n) is 10.9. The molecule has 0 spiro atoms. The molecule has 0 bridgehead atoms. The van der Waals surface area contributed by atoms with Crippen molar-refractivity contribution in [3.63, 3.8) is 0 Å². The molecule has 0 heterocycles. The van der Waals surface area contributed by atoms with Crippen LogP contribution in [0.1, 0.15) is 74.5 Å². The Hall–Kier alpha value is -2.62. The maximum Gasteiger partial charge on any atom is 0.220 e. The van der Waals surface area contributed by atoms with E-state index in [9.17, 15) is 9.59 Å². The zero-order valence-electron chi connectivity index (χ0n) is 20.5. The fraction of sp³-hybridized carbons (Fsp3) is 0.533. The van der Waals surface area contributed by atoms with Gasteiger partial charge < -0.3 is 10.1 Å². The SMILES string of the molecule is COc1ccc2c(c1)CCC1[C@@H]3C(CCCC(=O)NCc4ccccc4)CC(=O)[C@@]3(C)CC[C@H]21. The van der Waals surface area contributed by atoms with Gasteiger partial charge in [-0.05, 0) is 91.0 Å². The number of ketones is 1. The molecule has 2 fully saturated rings. The van der Waals surface area contributed by atoms with Gasteiger partial charge in [0, 0.05) is 24.8 Å². The van der Waals surface area contributed by atoms with Gasteiger partial charge in [-0.3, -0.25) is 9.59 Å². The molecule has 4 heteroatoms. The number of aryl methyl sites for hydroxylation is 1. The van der Waals surface area contributed by atoms with Gasteiger partial charge in [-0.1, -0.05) is 43.3 Å². The first-order valence-electron chi connectivity index (χ1n) is 13.0. The third kappa shape index (κ3) is 4.28. The Kier molecular flexibility index (Phi) is 6.50. The molecule has 0 radical (unpaired) electrons. The number of methoxy groups -OCH3 is 1. The Morgan fingerprint density at radius 3 is 2.76 bits per heavy atom. The highest BCUT2D eigenvalue weighted by atomic mass is 16.5. The summed E-state index contributed by atoms with van der Waals surface area (Å²) in [5.41, 5.74) is 3.86. The molecule has 4 nitrogen and oxygen atoms in total. The molecule has 3 aliphatic carbocycles. The minimum atomic E-state index is -0.175. The largest absolute Gasteiger partial charge is 0.497 e. The topological polar surface area (TPSA) is 55.4 Å². The van der Waals surface area contributed by atoms with E-state index in [0.717, 1.165) is 49.8 Å². The molecule has 2 unspecified atom stereocenters. The van der Waals surface area contributed by atoms with E-state index in [1.807, 2.05) is 30.3 Å². The van der Waals surface area contributed by atoms with E-state index in [4.69, 9.17) is 4.74 Å². The Labute approximate surface area is 203 Å². The number of amides is 1. The first-order chi connectivity index (χ1) is 16.5. The van der Waals surface area contributed by atoms with E-state index in [1.165, 1.54) is 11.1 Å². The van der Waals surface area contributed by atoms with Crippen LogP contribution in [0.25, 0.3) is 0 Å². The van der Waals surface area contributed by atoms with Crippen molar-refractivity contribution in [2.45, 2.75) is 70.8 Å². The van der Waals surface area contributed by atoms with Gasteiger partial charge in [-0.25, -0.2) is 0 Å². The third-order valence-corrected chi connectivity index (χ3v) is 9.09. The maximum absolute atomic E-state index is 13.2. The van der Waals surface area contributed by atoms with Crippen molar-refractivity contribution in [3.05, 3.63) is 65.2 Å². The molecule has 2 saturated carbocycles. The van der Waals surface area contributed by atoms with Crippen molar-refractivity contribution in [2.75, 3.05) is 7.11 Å². The normalized spacial score (nSPS) is 29.6. The second kappa shape index (κ2) is 9.56. The number of benzene rings is 2. The van der Waals surface area contributed by atoms with Crippen LogP contribution >= 0.6 is 0 Å². The highest BCUT2D eigenvalue weighted by Crippen LogP contribution is 2.62. The average molecular weight is 460 g/mol.